The number of nitrogens with zero attached hydrogens (tertiary/aromatic N) is 1. The Balaban J connectivity index is 2.10. The van der Waals surface area contributed by atoms with Crippen molar-refractivity contribution in [2.45, 2.75) is 6.04 Å². The second-order valence-corrected chi connectivity index (χ2v) is 4.61. The number of carbonyl (C=O) groups is 1. The van der Waals surface area contributed by atoms with E-state index in [9.17, 15) is 20.3 Å². The number of amides is 1. The molecule has 7 heteroatoms. The van der Waals surface area contributed by atoms with E-state index in [2.05, 4.69) is 10.9 Å². The molecule has 118 valence electrons. The molecule has 0 heterocycles. The zero-order valence-corrected chi connectivity index (χ0v) is 12.3. The third-order valence-electron chi connectivity index (χ3n) is 3.14. The summed E-state index contributed by atoms with van der Waals surface area (Å²) >= 11 is 0. The first-order chi connectivity index (χ1) is 11.1. The number of methoxy groups -OCH3 is 1. The number of para-hydroxylation sites is 1. The SMILES string of the molecule is COc1cc([C@@H](C#N)NNC(=O)c2ccccc2O)ccc1O. The van der Waals surface area contributed by atoms with Crippen LogP contribution in [-0.2, 0) is 0 Å². The van der Waals surface area contributed by atoms with Crippen molar-refractivity contribution < 1.29 is 19.7 Å². The van der Waals surface area contributed by atoms with Gasteiger partial charge in [-0.05, 0) is 29.8 Å². The smallest absolute Gasteiger partial charge is 0.269 e. The first-order valence-electron chi connectivity index (χ1n) is 6.67. The molecular weight excluding hydrogens is 298 g/mol. The van der Waals surface area contributed by atoms with Gasteiger partial charge in [-0.2, -0.15) is 5.26 Å². The molecule has 0 radical (unpaired) electrons. The highest BCUT2D eigenvalue weighted by Gasteiger charge is 2.16. The largest absolute Gasteiger partial charge is 0.507 e. The molecule has 0 bridgehead atoms. The van der Waals surface area contributed by atoms with E-state index in [1.165, 1.54) is 37.4 Å². The number of rotatable bonds is 5. The molecule has 7 nitrogen and oxygen atoms in total. The maximum absolute atomic E-state index is 12.0. The molecule has 2 aromatic carbocycles. The highest BCUT2D eigenvalue weighted by atomic mass is 16.5. The Morgan fingerprint density at radius 3 is 2.61 bits per heavy atom. The van der Waals surface area contributed by atoms with Gasteiger partial charge in [0, 0.05) is 0 Å². The molecule has 0 spiro atoms. The molecule has 0 saturated carbocycles. The van der Waals surface area contributed by atoms with E-state index in [0.717, 1.165) is 0 Å². The number of nitrogens with one attached hydrogen (secondary N) is 2. The van der Waals surface area contributed by atoms with Crippen molar-refractivity contribution in [1.82, 2.24) is 10.9 Å². The Morgan fingerprint density at radius 1 is 1.22 bits per heavy atom. The van der Waals surface area contributed by atoms with Gasteiger partial charge in [0.15, 0.2) is 11.5 Å². The average Bonchev–Trinajstić information content (AvgIpc) is 2.56. The minimum Gasteiger partial charge on any atom is -0.507 e. The number of hydrogen-bond donors (Lipinski definition) is 4. The van der Waals surface area contributed by atoms with Gasteiger partial charge in [-0.25, -0.2) is 5.43 Å². The summed E-state index contributed by atoms with van der Waals surface area (Å²) in [7, 11) is 1.40. The molecule has 0 aliphatic rings. The lowest BCUT2D eigenvalue weighted by atomic mass is 10.1. The number of phenols is 2. The molecule has 0 aliphatic heterocycles. The lowest BCUT2D eigenvalue weighted by Gasteiger charge is -2.14. The molecule has 0 aliphatic carbocycles. The average molecular weight is 313 g/mol. The van der Waals surface area contributed by atoms with E-state index in [4.69, 9.17) is 4.74 Å². The lowest BCUT2D eigenvalue weighted by molar-refractivity contribution is 0.0926. The molecule has 0 unspecified atom stereocenters. The number of carbonyl (C=O) groups excluding carboxylic acids is 1. The molecule has 1 amide bonds. The number of nitriles is 1. The van der Waals surface area contributed by atoms with Crippen molar-refractivity contribution in [3.05, 3.63) is 53.6 Å². The fourth-order valence-electron chi connectivity index (χ4n) is 1.93. The maximum atomic E-state index is 12.0. The fourth-order valence-corrected chi connectivity index (χ4v) is 1.93. The Kier molecular flexibility index (Phi) is 5.02. The van der Waals surface area contributed by atoms with Gasteiger partial charge in [-0.1, -0.05) is 18.2 Å². The minimum atomic E-state index is -0.862. The fraction of sp³-hybridized carbons (Fsp3) is 0.125. The van der Waals surface area contributed by atoms with E-state index in [-0.39, 0.29) is 22.8 Å². The van der Waals surface area contributed by atoms with Crippen LogP contribution in [0.3, 0.4) is 0 Å². The molecular formula is C16H15N3O4. The van der Waals surface area contributed by atoms with Crippen molar-refractivity contribution in [3.8, 4) is 23.3 Å². The molecule has 0 saturated heterocycles. The zero-order chi connectivity index (χ0) is 16.8. The molecule has 4 N–H and O–H groups in total. The molecule has 23 heavy (non-hydrogen) atoms. The zero-order valence-electron chi connectivity index (χ0n) is 12.3. The van der Waals surface area contributed by atoms with Crippen LogP contribution in [0.1, 0.15) is 22.0 Å². The predicted molar refractivity (Wildman–Crippen MR) is 81.7 cm³/mol. The van der Waals surface area contributed by atoms with Crippen LogP contribution < -0.4 is 15.6 Å². The van der Waals surface area contributed by atoms with Crippen molar-refractivity contribution in [2.75, 3.05) is 7.11 Å². The summed E-state index contributed by atoms with van der Waals surface area (Å²) in [5.41, 5.74) is 5.52. The molecule has 1 atom stereocenters. The molecule has 0 fully saturated rings. The van der Waals surface area contributed by atoms with Crippen LogP contribution in [0.15, 0.2) is 42.5 Å². The monoisotopic (exact) mass is 313 g/mol. The van der Waals surface area contributed by atoms with E-state index >= 15 is 0 Å². The van der Waals surface area contributed by atoms with Gasteiger partial charge in [-0.3, -0.25) is 10.2 Å². The van der Waals surface area contributed by atoms with Gasteiger partial charge in [0.05, 0.1) is 18.7 Å². The van der Waals surface area contributed by atoms with E-state index in [0.29, 0.717) is 5.56 Å². The third-order valence-corrected chi connectivity index (χ3v) is 3.14. The van der Waals surface area contributed by atoms with Crippen molar-refractivity contribution >= 4 is 5.91 Å². The number of ether oxygens (including phenoxy) is 1. The van der Waals surface area contributed by atoms with Crippen molar-refractivity contribution in [1.29, 1.82) is 5.26 Å². The van der Waals surface area contributed by atoms with Crippen molar-refractivity contribution in [2.24, 2.45) is 0 Å². The number of hydrazine groups is 1. The number of benzene rings is 2. The van der Waals surface area contributed by atoms with Gasteiger partial charge >= 0.3 is 0 Å². The highest BCUT2D eigenvalue weighted by molar-refractivity contribution is 5.96. The van der Waals surface area contributed by atoms with Gasteiger partial charge in [-0.15, -0.1) is 0 Å². The van der Waals surface area contributed by atoms with Gasteiger partial charge in [0.1, 0.15) is 11.8 Å². The van der Waals surface area contributed by atoms with Crippen LogP contribution in [0.25, 0.3) is 0 Å². The van der Waals surface area contributed by atoms with Crippen LogP contribution in [-0.4, -0.2) is 23.2 Å². The normalized spacial score (nSPS) is 11.3. The Labute approximate surface area is 132 Å². The summed E-state index contributed by atoms with van der Waals surface area (Å²) in [5.74, 6) is -0.566. The van der Waals surface area contributed by atoms with E-state index in [1.54, 1.807) is 12.1 Å². The number of hydrogen-bond acceptors (Lipinski definition) is 6. The number of aromatic hydroxyl groups is 2. The molecule has 2 rings (SSSR count). The van der Waals surface area contributed by atoms with Crippen LogP contribution in [0.4, 0.5) is 0 Å². The lowest BCUT2D eigenvalue weighted by Crippen LogP contribution is -2.39. The summed E-state index contributed by atoms with van der Waals surface area (Å²) in [5, 5.41) is 28.4. The Hall–Kier alpha value is -3.24. The third kappa shape index (κ3) is 3.70. The topological polar surface area (TPSA) is 115 Å². The second-order valence-electron chi connectivity index (χ2n) is 4.61. The minimum absolute atomic E-state index is 0.0498. The van der Waals surface area contributed by atoms with Crippen LogP contribution >= 0.6 is 0 Å². The van der Waals surface area contributed by atoms with Crippen LogP contribution in [0.5, 0.6) is 17.2 Å². The van der Waals surface area contributed by atoms with Gasteiger partial charge in [0.25, 0.3) is 5.91 Å². The quantitative estimate of drug-likeness (QED) is 0.623. The summed E-state index contributed by atoms with van der Waals surface area (Å²) in [4.78, 5) is 12.0. The molecule has 0 aromatic heterocycles. The summed E-state index contributed by atoms with van der Waals surface area (Å²) in [6, 6.07) is 11.6. The van der Waals surface area contributed by atoms with Crippen LogP contribution in [0, 0.1) is 11.3 Å². The Bertz CT molecular complexity index is 755. The van der Waals surface area contributed by atoms with Gasteiger partial charge < -0.3 is 14.9 Å². The predicted octanol–water partition coefficient (Wildman–Crippen LogP) is 1.61. The first-order valence-corrected chi connectivity index (χ1v) is 6.67. The maximum Gasteiger partial charge on any atom is 0.269 e. The molecule has 2 aromatic rings. The highest BCUT2D eigenvalue weighted by Crippen LogP contribution is 2.28. The van der Waals surface area contributed by atoms with Crippen LogP contribution in [0.2, 0.25) is 0 Å². The van der Waals surface area contributed by atoms with Crippen molar-refractivity contribution in [3.63, 3.8) is 0 Å². The second kappa shape index (κ2) is 7.15. The Morgan fingerprint density at radius 2 is 1.96 bits per heavy atom. The summed E-state index contributed by atoms with van der Waals surface area (Å²) < 4.78 is 4.98. The van der Waals surface area contributed by atoms with E-state index < -0.39 is 11.9 Å². The summed E-state index contributed by atoms with van der Waals surface area (Å²) in [6.45, 7) is 0. The van der Waals surface area contributed by atoms with Gasteiger partial charge in [0.2, 0.25) is 0 Å². The number of phenolic OH excluding ortho intramolecular Hbond substituents is 2. The van der Waals surface area contributed by atoms with E-state index in [1.807, 2.05) is 6.07 Å². The summed E-state index contributed by atoms with van der Waals surface area (Å²) in [6.07, 6.45) is 0. The standard InChI is InChI=1S/C16H15N3O4/c1-23-15-8-10(6-7-14(15)21)12(9-17)18-19-16(22)11-4-2-3-5-13(11)20/h2-8,12,18,20-21H,1H3,(H,19,22)/t12-/m1/s1. The first kappa shape index (κ1) is 16.1.